The first-order chi connectivity index (χ1) is 9.87. The summed E-state index contributed by atoms with van der Waals surface area (Å²) in [5.41, 5.74) is -1.21. The molecule has 0 N–H and O–H groups in total. The van der Waals surface area contributed by atoms with Crippen molar-refractivity contribution < 1.29 is 29.1 Å². The maximum atomic E-state index is 12.1. The lowest BCUT2D eigenvalue weighted by molar-refractivity contribution is -0.329. The minimum atomic E-state index is -0.682. The van der Waals surface area contributed by atoms with Crippen molar-refractivity contribution in [3.63, 3.8) is 0 Å². The SMILES string of the molecule is CCCC(C(=O)OOC(C)(C)C)C(C)C(=O)OOC(C)(C)C. The molecule has 6 nitrogen and oxygen atoms in total. The fourth-order valence-corrected chi connectivity index (χ4v) is 1.52. The van der Waals surface area contributed by atoms with E-state index in [2.05, 4.69) is 0 Å². The van der Waals surface area contributed by atoms with Gasteiger partial charge in [0.25, 0.3) is 0 Å². The third-order valence-corrected chi connectivity index (χ3v) is 2.63. The zero-order chi connectivity index (χ0) is 17.6. The highest BCUT2D eigenvalue weighted by atomic mass is 17.2. The van der Waals surface area contributed by atoms with E-state index in [0.29, 0.717) is 6.42 Å². The van der Waals surface area contributed by atoms with Crippen LogP contribution >= 0.6 is 0 Å². The van der Waals surface area contributed by atoms with Crippen LogP contribution in [0.5, 0.6) is 0 Å². The maximum Gasteiger partial charge on any atom is 0.346 e. The van der Waals surface area contributed by atoms with Crippen LogP contribution < -0.4 is 0 Å². The molecule has 0 aromatic rings. The minimum absolute atomic E-state index is 0.498. The first kappa shape index (κ1) is 20.9. The smallest absolute Gasteiger partial charge is 0.297 e. The zero-order valence-corrected chi connectivity index (χ0v) is 15.0. The summed E-state index contributed by atoms with van der Waals surface area (Å²) in [6.07, 6.45) is 1.23. The quantitative estimate of drug-likeness (QED) is 0.528. The van der Waals surface area contributed by atoms with Crippen LogP contribution in [0.2, 0.25) is 0 Å². The van der Waals surface area contributed by atoms with Crippen molar-refractivity contribution >= 4 is 11.9 Å². The lowest BCUT2D eigenvalue weighted by atomic mass is 9.90. The lowest BCUT2D eigenvalue weighted by Gasteiger charge is -2.23. The summed E-state index contributed by atoms with van der Waals surface area (Å²) < 4.78 is 0. The van der Waals surface area contributed by atoms with Crippen molar-refractivity contribution in [1.29, 1.82) is 0 Å². The van der Waals surface area contributed by atoms with E-state index in [1.807, 2.05) is 6.92 Å². The molecule has 0 rings (SSSR count). The molecule has 0 bridgehead atoms. The van der Waals surface area contributed by atoms with Crippen LogP contribution in [0.1, 0.15) is 68.2 Å². The van der Waals surface area contributed by atoms with Gasteiger partial charge in [0, 0.05) is 0 Å². The summed E-state index contributed by atoms with van der Waals surface area (Å²) in [5, 5.41) is 0. The summed E-state index contributed by atoms with van der Waals surface area (Å²) in [5.74, 6) is -2.49. The Labute approximate surface area is 133 Å². The number of carbonyl (C=O) groups is 2. The molecule has 0 spiro atoms. The molecular formula is C16H30O6. The van der Waals surface area contributed by atoms with Gasteiger partial charge in [0.15, 0.2) is 0 Å². The van der Waals surface area contributed by atoms with Gasteiger partial charge in [0.2, 0.25) is 0 Å². The highest BCUT2D eigenvalue weighted by Crippen LogP contribution is 2.23. The Bertz CT molecular complexity index is 364. The molecule has 0 aliphatic rings. The Morgan fingerprint density at radius 1 is 0.864 bits per heavy atom. The molecule has 0 aliphatic heterocycles. The predicted octanol–water partition coefficient (Wildman–Crippen LogP) is 3.59. The molecule has 6 heteroatoms. The van der Waals surface area contributed by atoms with E-state index in [1.165, 1.54) is 0 Å². The van der Waals surface area contributed by atoms with Crippen LogP contribution in [-0.4, -0.2) is 23.1 Å². The third kappa shape index (κ3) is 9.00. The molecule has 130 valence electrons. The van der Waals surface area contributed by atoms with Crippen LogP contribution in [0, 0.1) is 11.8 Å². The number of carbonyl (C=O) groups excluding carboxylic acids is 2. The van der Waals surface area contributed by atoms with Crippen molar-refractivity contribution in [1.82, 2.24) is 0 Å². The summed E-state index contributed by atoms with van der Waals surface area (Å²) in [6.45, 7) is 14.1. The zero-order valence-electron chi connectivity index (χ0n) is 15.0. The van der Waals surface area contributed by atoms with Crippen LogP contribution in [-0.2, 0) is 29.1 Å². The van der Waals surface area contributed by atoms with Gasteiger partial charge in [-0.3, -0.25) is 9.78 Å². The van der Waals surface area contributed by atoms with Crippen molar-refractivity contribution in [3.8, 4) is 0 Å². The standard InChI is InChI=1S/C16H30O6/c1-9-10-12(14(18)20-22-16(6,7)8)11(2)13(17)19-21-15(3,4)5/h11-12H,9-10H2,1-8H3. The van der Waals surface area contributed by atoms with Crippen LogP contribution in [0.25, 0.3) is 0 Å². The Balaban J connectivity index is 4.70. The van der Waals surface area contributed by atoms with Gasteiger partial charge >= 0.3 is 11.9 Å². The Hall–Kier alpha value is -1.14. The molecule has 0 aromatic heterocycles. The molecule has 0 aliphatic carbocycles. The Morgan fingerprint density at radius 3 is 1.64 bits per heavy atom. The van der Waals surface area contributed by atoms with E-state index in [1.54, 1.807) is 48.5 Å². The second-order valence-electron chi connectivity index (χ2n) is 7.38. The normalized spacial score (nSPS) is 15.1. The fourth-order valence-electron chi connectivity index (χ4n) is 1.52. The van der Waals surface area contributed by atoms with Crippen LogP contribution in [0.4, 0.5) is 0 Å². The average Bonchev–Trinajstić information content (AvgIpc) is 2.37. The average molecular weight is 318 g/mol. The van der Waals surface area contributed by atoms with Gasteiger partial charge in [-0.1, -0.05) is 20.3 Å². The van der Waals surface area contributed by atoms with Crippen LogP contribution in [0.15, 0.2) is 0 Å². The molecule has 22 heavy (non-hydrogen) atoms. The van der Waals surface area contributed by atoms with Gasteiger partial charge < -0.3 is 0 Å². The number of hydrogen-bond acceptors (Lipinski definition) is 6. The highest BCUT2D eigenvalue weighted by Gasteiger charge is 2.34. The summed E-state index contributed by atoms with van der Waals surface area (Å²) >= 11 is 0. The molecular weight excluding hydrogens is 288 g/mol. The second kappa shape index (κ2) is 8.48. The summed E-state index contributed by atoms with van der Waals surface area (Å²) in [7, 11) is 0. The second-order valence-corrected chi connectivity index (χ2v) is 7.38. The van der Waals surface area contributed by atoms with Crippen LogP contribution in [0.3, 0.4) is 0 Å². The van der Waals surface area contributed by atoms with E-state index in [0.717, 1.165) is 6.42 Å². The monoisotopic (exact) mass is 318 g/mol. The maximum absolute atomic E-state index is 12.1. The first-order valence-corrected chi connectivity index (χ1v) is 7.66. The molecule has 0 fully saturated rings. The number of rotatable bonds is 7. The minimum Gasteiger partial charge on any atom is -0.297 e. The topological polar surface area (TPSA) is 71.1 Å². The van der Waals surface area contributed by atoms with Gasteiger partial charge in [-0.05, 0) is 48.0 Å². The molecule has 0 heterocycles. The highest BCUT2D eigenvalue weighted by molar-refractivity contribution is 5.81. The van der Waals surface area contributed by atoms with Gasteiger partial charge in [-0.2, -0.15) is 9.78 Å². The van der Waals surface area contributed by atoms with Crippen molar-refractivity contribution in [2.24, 2.45) is 11.8 Å². The molecule has 0 radical (unpaired) electrons. The summed E-state index contributed by atoms with van der Waals surface area (Å²) in [4.78, 5) is 43.8. The molecule has 0 saturated carbocycles. The first-order valence-electron chi connectivity index (χ1n) is 7.66. The molecule has 0 saturated heterocycles. The largest absolute Gasteiger partial charge is 0.346 e. The molecule has 0 amide bonds. The van der Waals surface area contributed by atoms with Crippen molar-refractivity contribution in [3.05, 3.63) is 0 Å². The fraction of sp³-hybridized carbons (Fsp3) is 0.875. The van der Waals surface area contributed by atoms with Crippen molar-refractivity contribution in [2.45, 2.75) is 79.4 Å². The predicted molar refractivity (Wildman–Crippen MR) is 81.4 cm³/mol. The van der Waals surface area contributed by atoms with Gasteiger partial charge in [0.1, 0.15) is 11.2 Å². The third-order valence-electron chi connectivity index (χ3n) is 2.63. The molecule has 0 aromatic carbocycles. The van der Waals surface area contributed by atoms with E-state index in [-0.39, 0.29) is 0 Å². The molecule has 2 atom stereocenters. The van der Waals surface area contributed by atoms with E-state index >= 15 is 0 Å². The van der Waals surface area contributed by atoms with Gasteiger partial charge in [0.05, 0.1) is 11.8 Å². The Kier molecular flexibility index (Phi) is 8.04. The van der Waals surface area contributed by atoms with E-state index in [9.17, 15) is 9.59 Å². The van der Waals surface area contributed by atoms with E-state index < -0.39 is 35.0 Å². The molecule has 2 unspecified atom stereocenters. The van der Waals surface area contributed by atoms with Crippen molar-refractivity contribution in [2.75, 3.05) is 0 Å². The van der Waals surface area contributed by atoms with Gasteiger partial charge in [-0.25, -0.2) is 9.59 Å². The lowest BCUT2D eigenvalue weighted by Crippen LogP contribution is -2.34. The van der Waals surface area contributed by atoms with Gasteiger partial charge in [-0.15, -0.1) is 0 Å². The Morgan fingerprint density at radius 2 is 1.27 bits per heavy atom. The number of hydrogen-bond donors (Lipinski definition) is 0. The van der Waals surface area contributed by atoms with E-state index in [4.69, 9.17) is 19.6 Å². The summed E-state index contributed by atoms with van der Waals surface area (Å²) in [6, 6.07) is 0.